The highest BCUT2D eigenvalue weighted by Gasteiger charge is 2.29. The zero-order chi connectivity index (χ0) is 26.7. The van der Waals surface area contributed by atoms with Crippen LogP contribution in [0, 0.1) is 11.8 Å². The van der Waals surface area contributed by atoms with Crippen LogP contribution in [0.1, 0.15) is 100 Å². The molecule has 10 heteroatoms. The summed E-state index contributed by atoms with van der Waals surface area (Å²) in [6, 6.07) is 0. The SMILES string of the molecule is CC[C@@H]1CCc2c(sc(NC(=O)CCCC(=O)Nc3sc4c(c3C(N)=O)CC[C@@H](CC)C4)c2C(N)=O)C1. The zero-order valence-corrected chi connectivity index (χ0v) is 23.2. The Morgan fingerprint density at radius 2 is 1.16 bits per heavy atom. The number of anilines is 2. The summed E-state index contributed by atoms with van der Waals surface area (Å²) in [6.07, 6.45) is 8.23. The van der Waals surface area contributed by atoms with Crippen molar-refractivity contribution in [3.8, 4) is 0 Å². The van der Waals surface area contributed by atoms with Crippen molar-refractivity contribution in [1.82, 2.24) is 0 Å². The zero-order valence-electron chi connectivity index (χ0n) is 21.5. The molecule has 37 heavy (non-hydrogen) atoms. The van der Waals surface area contributed by atoms with E-state index in [4.69, 9.17) is 11.5 Å². The van der Waals surface area contributed by atoms with Crippen molar-refractivity contribution in [3.05, 3.63) is 32.0 Å². The molecule has 0 saturated heterocycles. The second-order valence-corrected chi connectivity index (χ2v) is 12.3. The number of amides is 4. The number of nitrogens with one attached hydrogen (secondary N) is 2. The van der Waals surface area contributed by atoms with Crippen LogP contribution in [0.15, 0.2) is 0 Å². The molecule has 6 N–H and O–H groups in total. The molecule has 0 bridgehead atoms. The number of primary amides is 2. The lowest BCUT2D eigenvalue weighted by molar-refractivity contribution is -0.117. The molecule has 2 aromatic rings. The number of carbonyl (C=O) groups is 4. The standard InChI is InChI=1S/C27H36N4O4S2/c1-3-14-8-10-16-18(12-14)36-26(22(16)24(28)34)30-20(32)6-5-7-21(33)31-27-23(25(29)35)17-11-9-15(4-2)13-19(17)37-27/h14-15H,3-13H2,1-2H3,(H2,28,34)(H2,29,35)(H,30,32)(H,31,33)/t14-,15-/m1/s1. The van der Waals surface area contributed by atoms with Gasteiger partial charge in [0.25, 0.3) is 11.8 Å². The molecule has 2 aliphatic rings. The summed E-state index contributed by atoms with van der Waals surface area (Å²) in [5.74, 6) is -0.364. The average Bonchev–Trinajstić information content (AvgIpc) is 3.39. The van der Waals surface area contributed by atoms with Gasteiger partial charge in [-0.1, -0.05) is 26.7 Å². The first-order chi connectivity index (χ1) is 17.7. The van der Waals surface area contributed by atoms with E-state index in [9.17, 15) is 19.2 Å². The molecule has 0 unspecified atom stereocenters. The van der Waals surface area contributed by atoms with Gasteiger partial charge in [0.05, 0.1) is 11.1 Å². The Bertz CT molecular complexity index is 1120. The molecule has 0 spiro atoms. The van der Waals surface area contributed by atoms with Crippen molar-refractivity contribution < 1.29 is 19.2 Å². The van der Waals surface area contributed by atoms with Crippen molar-refractivity contribution in [1.29, 1.82) is 0 Å². The van der Waals surface area contributed by atoms with Crippen molar-refractivity contribution >= 4 is 56.3 Å². The number of carbonyl (C=O) groups excluding carboxylic acids is 4. The highest BCUT2D eigenvalue weighted by molar-refractivity contribution is 7.17. The first-order valence-electron chi connectivity index (χ1n) is 13.2. The smallest absolute Gasteiger partial charge is 0.251 e. The second-order valence-electron chi connectivity index (χ2n) is 10.1. The minimum Gasteiger partial charge on any atom is -0.365 e. The summed E-state index contributed by atoms with van der Waals surface area (Å²) >= 11 is 2.89. The van der Waals surface area contributed by atoms with Gasteiger partial charge in [0.1, 0.15) is 10.0 Å². The van der Waals surface area contributed by atoms with Crippen LogP contribution in [0.2, 0.25) is 0 Å². The number of rotatable bonds is 10. The summed E-state index contributed by atoms with van der Waals surface area (Å²) in [5, 5.41) is 6.76. The predicted octanol–water partition coefficient (Wildman–Crippen LogP) is 4.78. The molecular weight excluding hydrogens is 508 g/mol. The first-order valence-corrected chi connectivity index (χ1v) is 14.8. The lowest BCUT2D eigenvalue weighted by Crippen LogP contribution is -2.20. The Balaban J connectivity index is 1.33. The maximum Gasteiger partial charge on any atom is 0.251 e. The first kappa shape index (κ1) is 27.3. The maximum absolute atomic E-state index is 12.6. The van der Waals surface area contributed by atoms with Crippen LogP contribution >= 0.6 is 22.7 Å². The minimum atomic E-state index is -0.517. The van der Waals surface area contributed by atoms with Crippen molar-refractivity contribution in [2.24, 2.45) is 23.3 Å². The van der Waals surface area contributed by atoms with Gasteiger partial charge in [-0.3, -0.25) is 19.2 Å². The number of hydrogen-bond acceptors (Lipinski definition) is 6. The van der Waals surface area contributed by atoms with Crippen LogP contribution in [0.5, 0.6) is 0 Å². The fourth-order valence-corrected chi connectivity index (χ4v) is 8.26. The lowest BCUT2D eigenvalue weighted by atomic mass is 9.85. The van der Waals surface area contributed by atoms with Crippen molar-refractivity contribution in [2.45, 2.75) is 84.5 Å². The Hall–Kier alpha value is -2.72. The summed E-state index contributed by atoms with van der Waals surface area (Å²) in [6.45, 7) is 4.33. The van der Waals surface area contributed by atoms with E-state index in [1.807, 2.05) is 0 Å². The fourth-order valence-electron chi connectivity index (χ4n) is 5.49. The van der Waals surface area contributed by atoms with E-state index in [-0.39, 0.29) is 24.7 Å². The third-order valence-corrected chi connectivity index (χ3v) is 10.0. The van der Waals surface area contributed by atoms with Gasteiger partial charge >= 0.3 is 0 Å². The van der Waals surface area contributed by atoms with Crippen LogP contribution in [0.3, 0.4) is 0 Å². The molecule has 0 radical (unpaired) electrons. The number of fused-ring (bicyclic) bond motifs is 2. The molecule has 2 aliphatic carbocycles. The van der Waals surface area contributed by atoms with Gasteiger partial charge in [0.15, 0.2) is 0 Å². The lowest BCUT2D eigenvalue weighted by Gasteiger charge is -2.20. The van der Waals surface area contributed by atoms with Gasteiger partial charge in [-0.05, 0) is 67.9 Å². The molecular formula is C27H36N4O4S2. The Morgan fingerprint density at radius 1 is 0.757 bits per heavy atom. The van der Waals surface area contributed by atoms with E-state index >= 15 is 0 Å². The number of hydrogen-bond donors (Lipinski definition) is 4. The van der Waals surface area contributed by atoms with E-state index in [1.165, 1.54) is 22.7 Å². The highest BCUT2D eigenvalue weighted by atomic mass is 32.1. The largest absolute Gasteiger partial charge is 0.365 e. The second kappa shape index (κ2) is 11.8. The van der Waals surface area contributed by atoms with Crippen molar-refractivity contribution in [3.63, 3.8) is 0 Å². The molecule has 4 rings (SSSR count). The molecule has 0 saturated carbocycles. The van der Waals surface area contributed by atoms with Gasteiger partial charge in [-0.2, -0.15) is 0 Å². The van der Waals surface area contributed by atoms with Crippen LogP contribution in [0.25, 0.3) is 0 Å². The van der Waals surface area contributed by atoms with Crippen LogP contribution in [-0.2, 0) is 35.3 Å². The van der Waals surface area contributed by atoms with E-state index in [2.05, 4.69) is 24.5 Å². The maximum atomic E-state index is 12.6. The van der Waals surface area contributed by atoms with Crippen LogP contribution in [0.4, 0.5) is 10.0 Å². The van der Waals surface area contributed by atoms with Crippen molar-refractivity contribution in [2.75, 3.05) is 10.6 Å². The molecule has 0 fully saturated rings. The summed E-state index contributed by atoms with van der Waals surface area (Å²) in [7, 11) is 0. The van der Waals surface area contributed by atoms with Gasteiger partial charge in [0, 0.05) is 22.6 Å². The molecule has 8 nitrogen and oxygen atoms in total. The van der Waals surface area contributed by atoms with Gasteiger partial charge in [0.2, 0.25) is 11.8 Å². The minimum absolute atomic E-state index is 0.133. The highest BCUT2D eigenvalue weighted by Crippen LogP contribution is 2.41. The average molecular weight is 545 g/mol. The van der Waals surface area contributed by atoms with Gasteiger partial charge < -0.3 is 22.1 Å². The van der Waals surface area contributed by atoms with Crippen LogP contribution in [-0.4, -0.2) is 23.6 Å². The van der Waals surface area contributed by atoms with E-state index < -0.39 is 11.8 Å². The normalized spacial score (nSPS) is 18.5. The van der Waals surface area contributed by atoms with Crippen LogP contribution < -0.4 is 22.1 Å². The molecule has 2 heterocycles. The third-order valence-electron chi connectivity index (χ3n) is 7.70. The molecule has 200 valence electrons. The Kier molecular flexibility index (Phi) is 8.69. The summed E-state index contributed by atoms with van der Waals surface area (Å²) < 4.78 is 0. The summed E-state index contributed by atoms with van der Waals surface area (Å²) in [4.78, 5) is 51.8. The van der Waals surface area contributed by atoms with Gasteiger partial charge in [-0.25, -0.2) is 0 Å². The number of thiophene rings is 2. The van der Waals surface area contributed by atoms with E-state index in [0.717, 1.165) is 72.2 Å². The van der Waals surface area contributed by atoms with E-state index in [0.29, 0.717) is 39.4 Å². The molecule has 0 aromatic carbocycles. The molecule has 2 atom stereocenters. The van der Waals surface area contributed by atoms with E-state index in [1.54, 1.807) is 0 Å². The topological polar surface area (TPSA) is 144 Å². The Labute approximate surface area is 225 Å². The predicted molar refractivity (Wildman–Crippen MR) is 148 cm³/mol. The molecule has 0 aliphatic heterocycles. The molecule has 2 aromatic heterocycles. The third kappa shape index (κ3) is 6.06. The van der Waals surface area contributed by atoms with Gasteiger partial charge in [-0.15, -0.1) is 22.7 Å². The molecule has 4 amide bonds. The quantitative estimate of drug-likeness (QED) is 0.341. The monoisotopic (exact) mass is 544 g/mol. The number of nitrogens with two attached hydrogens (primary N) is 2. The fraction of sp³-hybridized carbons (Fsp3) is 0.556. The summed E-state index contributed by atoms with van der Waals surface area (Å²) in [5.41, 5.74) is 14.1. The Morgan fingerprint density at radius 3 is 1.51 bits per heavy atom.